The molecule has 1 heterocycles. The molecule has 1 fully saturated rings. The molecule has 1 aliphatic rings. The standard InChI is InChI=1S/C22H26N2O4/c1-28-20-6-2-4-17(14-20)16-7-9-19(10-8-16)23-22(27)18-5-3-12-24(15-18)21(26)11-13-25/h2,4,6-10,14,18,25H,3,5,11-13,15H2,1H3,(H,23,27)/t18-/m1/s1. The van der Waals surface area contributed by atoms with Gasteiger partial charge in [-0.3, -0.25) is 9.59 Å². The number of ether oxygens (including phenoxy) is 1. The number of carbonyl (C=O) groups is 2. The number of methoxy groups -OCH3 is 1. The topological polar surface area (TPSA) is 78.9 Å². The fraction of sp³-hybridized carbons (Fsp3) is 0.364. The van der Waals surface area contributed by atoms with Gasteiger partial charge in [-0.1, -0.05) is 24.3 Å². The van der Waals surface area contributed by atoms with E-state index in [1.165, 1.54) is 0 Å². The van der Waals surface area contributed by atoms with E-state index >= 15 is 0 Å². The molecule has 0 aliphatic carbocycles. The van der Waals surface area contributed by atoms with Gasteiger partial charge in [0.2, 0.25) is 11.8 Å². The van der Waals surface area contributed by atoms with Crippen molar-refractivity contribution in [1.82, 2.24) is 4.90 Å². The largest absolute Gasteiger partial charge is 0.497 e. The molecule has 2 aromatic carbocycles. The van der Waals surface area contributed by atoms with E-state index in [1.807, 2.05) is 48.5 Å². The molecule has 1 atom stereocenters. The molecule has 6 nitrogen and oxygen atoms in total. The summed E-state index contributed by atoms with van der Waals surface area (Å²) in [7, 11) is 1.64. The first-order chi connectivity index (χ1) is 13.6. The number of anilines is 1. The molecular formula is C22H26N2O4. The van der Waals surface area contributed by atoms with Crippen LogP contribution in [-0.4, -0.2) is 48.6 Å². The van der Waals surface area contributed by atoms with Crippen LogP contribution >= 0.6 is 0 Å². The summed E-state index contributed by atoms with van der Waals surface area (Å²) >= 11 is 0. The molecule has 28 heavy (non-hydrogen) atoms. The molecule has 0 bridgehead atoms. The molecule has 0 spiro atoms. The van der Waals surface area contributed by atoms with Gasteiger partial charge in [-0.05, 0) is 48.2 Å². The molecule has 0 unspecified atom stereocenters. The van der Waals surface area contributed by atoms with Gasteiger partial charge >= 0.3 is 0 Å². The number of piperidine rings is 1. The number of rotatable bonds is 6. The highest BCUT2D eigenvalue weighted by atomic mass is 16.5. The van der Waals surface area contributed by atoms with Crippen LogP contribution in [0.2, 0.25) is 0 Å². The molecule has 1 saturated heterocycles. The van der Waals surface area contributed by atoms with Crippen LogP contribution in [0.3, 0.4) is 0 Å². The highest BCUT2D eigenvalue weighted by Gasteiger charge is 2.28. The predicted octanol–water partition coefficient (Wildman–Crippen LogP) is 2.92. The van der Waals surface area contributed by atoms with Crippen LogP contribution in [0.4, 0.5) is 5.69 Å². The molecule has 3 rings (SSSR count). The van der Waals surface area contributed by atoms with Crippen LogP contribution < -0.4 is 10.1 Å². The van der Waals surface area contributed by atoms with Gasteiger partial charge in [0.25, 0.3) is 0 Å². The number of hydrogen-bond donors (Lipinski definition) is 2. The molecule has 0 radical (unpaired) electrons. The maximum Gasteiger partial charge on any atom is 0.229 e. The predicted molar refractivity (Wildman–Crippen MR) is 108 cm³/mol. The lowest BCUT2D eigenvalue weighted by Crippen LogP contribution is -2.43. The van der Waals surface area contributed by atoms with Gasteiger partial charge in [0.1, 0.15) is 5.75 Å². The summed E-state index contributed by atoms with van der Waals surface area (Å²) in [6, 6.07) is 15.5. The maximum atomic E-state index is 12.6. The van der Waals surface area contributed by atoms with Crippen LogP contribution in [0.1, 0.15) is 19.3 Å². The number of carbonyl (C=O) groups excluding carboxylic acids is 2. The molecule has 2 amide bonds. The Bertz CT molecular complexity index is 820. The summed E-state index contributed by atoms with van der Waals surface area (Å²) < 4.78 is 5.26. The zero-order valence-corrected chi connectivity index (χ0v) is 16.1. The summed E-state index contributed by atoms with van der Waals surface area (Å²) in [4.78, 5) is 26.3. The summed E-state index contributed by atoms with van der Waals surface area (Å²) in [5.41, 5.74) is 2.81. The number of aliphatic hydroxyl groups excluding tert-OH is 1. The second kappa shape index (κ2) is 9.37. The lowest BCUT2D eigenvalue weighted by atomic mass is 9.96. The van der Waals surface area contributed by atoms with E-state index in [4.69, 9.17) is 9.84 Å². The summed E-state index contributed by atoms with van der Waals surface area (Å²) in [6.07, 6.45) is 1.67. The molecule has 2 N–H and O–H groups in total. The third-order valence-electron chi connectivity index (χ3n) is 5.03. The highest BCUT2D eigenvalue weighted by Crippen LogP contribution is 2.26. The highest BCUT2D eigenvalue weighted by molar-refractivity contribution is 5.93. The van der Waals surface area contributed by atoms with Crippen molar-refractivity contribution in [3.63, 3.8) is 0 Å². The SMILES string of the molecule is COc1cccc(-c2ccc(NC(=O)[C@@H]3CCCN(C(=O)CCO)C3)cc2)c1. The maximum absolute atomic E-state index is 12.6. The van der Waals surface area contributed by atoms with Crippen LogP contribution in [0.5, 0.6) is 5.75 Å². The van der Waals surface area contributed by atoms with Crippen molar-refractivity contribution in [3.8, 4) is 16.9 Å². The fourth-order valence-electron chi connectivity index (χ4n) is 3.46. The van der Waals surface area contributed by atoms with Crippen LogP contribution in [-0.2, 0) is 9.59 Å². The zero-order chi connectivity index (χ0) is 19.9. The van der Waals surface area contributed by atoms with Crippen LogP contribution in [0.25, 0.3) is 11.1 Å². The zero-order valence-electron chi connectivity index (χ0n) is 16.1. The average molecular weight is 382 g/mol. The van der Waals surface area contributed by atoms with Crippen molar-refractivity contribution in [2.24, 2.45) is 5.92 Å². The minimum atomic E-state index is -0.227. The first kappa shape index (κ1) is 19.9. The minimum absolute atomic E-state index is 0.0735. The Labute approximate surface area is 165 Å². The second-order valence-corrected chi connectivity index (χ2v) is 6.95. The van der Waals surface area contributed by atoms with E-state index in [9.17, 15) is 9.59 Å². The number of likely N-dealkylation sites (tertiary alicyclic amines) is 1. The molecular weight excluding hydrogens is 356 g/mol. The van der Waals surface area contributed by atoms with Crippen LogP contribution in [0, 0.1) is 5.92 Å². The summed E-state index contributed by atoms with van der Waals surface area (Å²) in [5, 5.41) is 11.9. The van der Waals surface area contributed by atoms with Crippen LogP contribution in [0.15, 0.2) is 48.5 Å². The molecule has 0 aromatic heterocycles. The first-order valence-corrected chi connectivity index (χ1v) is 9.54. The van der Waals surface area contributed by atoms with Gasteiger partial charge in [0.05, 0.1) is 19.6 Å². The minimum Gasteiger partial charge on any atom is -0.497 e. The van der Waals surface area contributed by atoms with Gasteiger partial charge in [-0.25, -0.2) is 0 Å². The van der Waals surface area contributed by atoms with Gasteiger partial charge in [0.15, 0.2) is 0 Å². The molecule has 0 saturated carbocycles. The van der Waals surface area contributed by atoms with E-state index < -0.39 is 0 Å². The number of aliphatic hydroxyl groups is 1. The summed E-state index contributed by atoms with van der Waals surface area (Å²) in [6.45, 7) is 0.899. The van der Waals surface area contributed by atoms with E-state index in [2.05, 4.69) is 5.32 Å². The second-order valence-electron chi connectivity index (χ2n) is 6.95. The third-order valence-corrected chi connectivity index (χ3v) is 5.03. The normalized spacial score (nSPS) is 16.5. The van der Waals surface area contributed by atoms with E-state index in [0.29, 0.717) is 13.1 Å². The average Bonchev–Trinajstić information content (AvgIpc) is 2.74. The number of benzene rings is 2. The van der Waals surface area contributed by atoms with E-state index in [-0.39, 0.29) is 30.8 Å². The molecule has 1 aliphatic heterocycles. The Kier molecular flexibility index (Phi) is 6.66. The lowest BCUT2D eigenvalue weighted by Gasteiger charge is -2.32. The molecule has 6 heteroatoms. The summed E-state index contributed by atoms with van der Waals surface area (Å²) in [5.74, 6) is 0.403. The van der Waals surface area contributed by atoms with Gasteiger partial charge in [-0.15, -0.1) is 0 Å². The Morgan fingerprint density at radius 2 is 1.96 bits per heavy atom. The smallest absolute Gasteiger partial charge is 0.229 e. The Morgan fingerprint density at radius 1 is 1.18 bits per heavy atom. The number of nitrogens with one attached hydrogen (secondary N) is 1. The van der Waals surface area contributed by atoms with Crippen molar-refractivity contribution < 1.29 is 19.4 Å². The van der Waals surface area contributed by atoms with Gasteiger partial charge < -0.3 is 20.1 Å². The lowest BCUT2D eigenvalue weighted by molar-refractivity contribution is -0.135. The number of nitrogens with zero attached hydrogens (tertiary/aromatic N) is 1. The molecule has 148 valence electrons. The van der Waals surface area contributed by atoms with Crippen molar-refractivity contribution in [2.45, 2.75) is 19.3 Å². The third kappa shape index (κ3) is 4.89. The quantitative estimate of drug-likeness (QED) is 0.805. The van der Waals surface area contributed by atoms with Gasteiger partial charge in [-0.2, -0.15) is 0 Å². The Morgan fingerprint density at radius 3 is 2.68 bits per heavy atom. The number of amides is 2. The number of hydrogen-bond acceptors (Lipinski definition) is 4. The van der Waals surface area contributed by atoms with Gasteiger partial charge in [0, 0.05) is 25.2 Å². The monoisotopic (exact) mass is 382 g/mol. The Balaban J connectivity index is 1.62. The van der Waals surface area contributed by atoms with E-state index in [1.54, 1.807) is 12.0 Å². The van der Waals surface area contributed by atoms with E-state index in [0.717, 1.165) is 35.4 Å². The Hall–Kier alpha value is -2.86. The van der Waals surface area contributed by atoms with Crippen molar-refractivity contribution in [2.75, 3.05) is 32.1 Å². The van der Waals surface area contributed by atoms with Crippen molar-refractivity contribution >= 4 is 17.5 Å². The van der Waals surface area contributed by atoms with Crippen molar-refractivity contribution in [1.29, 1.82) is 0 Å². The molecule has 2 aromatic rings. The van der Waals surface area contributed by atoms with Crippen molar-refractivity contribution in [3.05, 3.63) is 48.5 Å². The fourth-order valence-corrected chi connectivity index (χ4v) is 3.46. The first-order valence-electron chi connectivity index (χ1n) is 9.54.